The highest BCUT2D eigenvalue weighted by Gasteiger charge is 2.21. The zero-order valence-corrected chi connectivity index (χ0v) is 11.3. The maximum absolute atomic E-state index is 11.8. The van der Waals surface area contributed by atoms with E-state index >= 15 is 0 Å². The highest BCUT2D eigenvalue weighted by Crippen LogP contribution is 2.18. The van der Waals surface area contributed by atoms with Gasteiger partial charge in [0, 0.05) is 23.2 Å². The average Bonchev–Trinajstić information content (AvgIpc) is 2.28. The Morgan fingerprint density at radius 3 is 2.44 bits per heavy atom. The van der Waals surface area contributed by atoms with Gasteiger partial charge in [-0.2, -0.15) is 0 Å². The Labute approximate surface area is 108 Å². The van der Waals surface area contributed by atoms with Gasteiger partial charge >= 0.3 is 0 Å². The molecule has 0 atom stereocenters. The van der Waals surface area contributed by atoms with E-state index in [1.165, 1.54) is 0 Å². The molecule has 0 saturated carbocycles. The summed E-state index contributed by atoms with van der Waals surface area (Å²) < 4.78 is 0. The minimum Gasteiger partial charge on any atom is -0.352 e. The van der Waals surface area contributed by atoms with Gasteiger partial charge in [0.1, 0.15) is 0 Å². The SMILES string of the molecule is CCNC(=O)c1cccc(NC(=O)C(C)(C)C)c1. The number of benzene rings is 1. The molecule has 1 rings (SSSR count). The number of hydrogen-bond acceptors (Lipinski definition) is 2. The largest absolute Gasteiger partial charge is 0.352 e. The standard InChI is InChI=1S/C14H20N2O2/c1-5-15-12(17)10-7-6-8-11(9-10)16-13(18)14(2,3)4/h6-9H,5H2,1-4H3,(H,15,17)(H,16,18). The Morgan fingerprint density at radius 1 is 1.22 bits per heavy atom. The lowest BCUT2D eigenvalue weighted by molar-refractivity contribution is -0.123. The van der Waals surface area contributed by atoms with Crippen LogP contribution in [-0.2, 0) is 4.79 Å². The van der Waals surface area contributed by atoms with E-state index < -0.39 is 5.41 Å². The zero-order valence-electron chi connectivity index (χ0n) is 11.3. The Kier molecular flexibility index (Phi) is 4.48. The van der Waals surface area contributed by atoms with Crippen molar-refractivity contribution in [3.05, 3.63) is 29.8 Å². The molecule has 4 heteroatoms. The van der Waals surface area contributed by atoms with Crippen molar-refractivity contribution in [1.29, 1.82) is 0 Å². The molecule has 0 aliphatic rings. The first-order valence-electron chi connectivity index (χ1n) is 6.04. The summed E-state index contributed by atoms with van der Waals surface area (Å²) >= 11 is 0. The van der Waals surface area contributed by atoms with Crippen LogP contribution in [0.4, 0.5) is 5.69 Å². The van der Waals surface area contributed by atoms with Gasteiger partial charge in [-0.3, -0.25) is 9.59 Å². The maximum atomic E-state index is 11.8. The van der Waals surface area contributed by atoms with Gasteiger partial charge < -0.3 is 10.6 Å². The van der Waals surface area contributed by atoms with Crippen LogP contribution in [0.25, 0.3) is 0 Å². The molecule has 18 heavy (non-hydrogen) atoms. The van der Waals surface area contributed by atoms with Crippen LogP contribution in [0.2, 0.25) is 0 Å². The molecule has 0 aliphatic carbocycles. The van der Waals surface area contributed by atoms with Crippen molar-refractivity contribution in [3.63, 3.8) is 0 Å². The summed E-state index contributed by atoms with van der Waals surface area (Å²) in [6, 6.07) is 6.92. The topological polar surface area (TPSA) is 58.2 Å². The Bertz CT molecular complexity index is 447. The summed E-state index contributed by atoms with van der Waals surface area (Å²) in [4.78, 5) is 23.5. The smallest absolute Gasteiger partial charge is 0.251 e. The number of nitrogens with one attached hydrogen (secondary N) is 2. The predicted molar refractivity (Wildman–Crippen MR) is 72.5 cm³/mol. The lowest BCUT2D eigenvalue weighted by Crippen LogP contribution is -2.28. The molecule has 0 aromatic heterocycles. The summed E-state index contributed by atoms with van der Waals surface area (Å²) in [6.45, 7) is 7.97. The molecule has 0 saturated heterocycles. The first-order chi connectivity index (χ1) is 8.34. The highest BCUT2D eigenvalue weighted by molar-refractivity contribution is 5.98. The van der Waals surface area contributed by atoms with E-state index in [1.807, 2.05) is 27.7 Å². The molecule has 2 N–H and O–H groups in total. The second kappa shape index (κ2) is 5.67. The monoisotopic (exact) mass is 248 g/mol. The summed E-state index contributed by atoms with van der Waals surface area (Å²) in [5.74, 6) is -0.208. The molecule has 0 radical (unpaired) electrons. The Balaban J connectivity index is 2.83. The van der Waals surface area contributed by atoms with E-state index in [-0.39, 0.29) is 11.8 Å². The van der Waals surface area contributed by atoms with Crippen molar-refractivity contribution in [2.24, 2.45) is 5.41 Å². The van der Waals surface area contributed by atoms with E-state index in [0.717, 1.165) is 0 Å². The van der Waals surface area contributed by atoms with Gasteiger partial charge in [-0.15, -0.1) is 0 Å². The minimum absolute atomic E-state index is 0.0736. The number of carbonyl (C=O) groups is 2. The van der Waals surface area contributed by atoms with Crippen LogP contribution < -0.4 is 10.6 Å². The van der Waals surface area contributed by atoms with Crippen molar-refractivity contribution in [2.75, 3.05) is 11.9 Å². The molecule has 0 unspecified atom stereocenters. The fourth-order valence-electron chi connectivity index (χ4n) is 1.32. The second-order valence-electron chi connectivity index (χ2n) is 5.14. The van der Waals surface area contributed by atoms with Crippen LogP contribution in [-0.4, -0.2) is 18.4 Å². The molecule has 98 valence electrons. The fraction of sp³-hybridized carbons (Fsp3) is 0.429. The van der Waals surface area contributed by atoms with Crippen LogP contribution in [0.1, 0.15) is 38.1 Å². The normalized spacial score (nSPS) is 10.9. The number of hydrogen-bond donors (Lipinski definition) is 2. The van der Waals surface area contributed by atoms with Crippen LogP contribution >= 0.6 is 0 Å². The lowest BCUT2D eigenvalue weighted by Gasteiger charge is -2.17. The lowest BCUT2D eigenvalue weighted by atomic mass is 9.95. The summed E-state index contributed by atoms with van der Waals surface area (Å²) in [6.07, 6.45) is 0. The van der Waals surface area contributed by atoms with Crippen LogP contribution in [0, 0.1) is 5.41 Å². The van der Waals surface area contributed by atoms with Gasteiger partial charge in [-0.25, -0.2) is 0 Å². The number of anilines is 1. The summed E-state index contributed by atoms with van der Waals surface area (Å²) in [5.41, 5.74) is 0.726. The Hall–Kier alpha value is -1.84. The molecule has 2 amide bonds. The average molecular weight is 248 g/mol. The molecule has 4 nitrogen and oxygen atoms in total. The molecule has 1 aromatic carbocycles. The quantitative estimate of drug-likeness (QED) is 0.863. The molecule has 0 fully saturated rings. The molecular weight excluding hydrogens is 228 g/mol. The zero-order chi connectivity index (χ0) is 13.8. The number of amides is 2. The van der Waals surface area contributed by atoms with Gasteiger partial charge in [0.25, 0.3) is 5.91 Å². The third kappa shape index (κ3) is 3.87. The third-order valence-corrected chi connectivity index (χ3v) is 2.40. The molecule has 1 aromatic rings. The Morgan fingerprint density at radius 2 is 1.89 bits per heavy atom. The van der Waals surface area contributed by atoms with Crippen LogP contribution in [0.5, 0.6) is 0 Å². The van der Waals surface area contributed by atoms with Crippen LogP contribution in [0.3, 0.4) is 0 Å². The van der Waals surface area contributed by atoms with Crippen molar-refractivity contribution in [2.45, 2.75) is 27.7 Å². The van der Waals surface area contributed by atoms with E-state index in [9.17, 15) is 9.59 Å². The minimum atomic E-state index is -0.457. The number of carbonyl (C=O) groups excluding carboxylic acids is 2. The van der Waals surface area contributed by atoms with Gasteiger partial charge in [-0.05, 0) is 25.1 Å². The predicted octanol–water partition coefficient (Wildman–Crippen LogP) is 2.42. The van der Waals surface area contributed by atoms with E-state index in [0.29, 0.717) is 17.8 Å². The van der Waals surface area contributed by atoms with Gasteiger partial charge in [0.15, 0.2) is 0 Å². The summed E-state index contributed by atoms with van der Waals surface area (Å²) in [7, 11) is 0. The van der Waals surface area contributed by atoms with E-state index in [2.05, 4.69) is 10.6 Å². The van der Waals surface area contributed by atoms with Gasteiger partial charge in [-0.1, -0.05) is 26.8 Å². The maximum Gasteiger partial charge on any atom is 0.251 e. The molecular formula is C14H20N2O2. The van der Waals surface area contributed by atoms with Gasteiger partial charge in [0.05, 0.1) is 0 Å². The fourth-order valence-corrected chi connectivity index (χ4v) is 1.32. The molecule has 0 bridgehead atoms. The molecule has 0 heterocycles. The molecule has 0 aliphatic heterocycles. The number of rotatable bonds is 3. The highest BCUT2D eigenvalue weighted by atomic mass is 16.2. The first kappa shape index (κ1) is 14.2. The second-order valence-corrected chi connectivity index (χ2v) is 5.14. The third-order valence-electron chi connectivity index (χ3n) is 2.40. The summed E-state index contributed by atoms with van der Waals surface area (Å²) in [5, 5.41) is 5.52. The van der Waals surface area contributed by atoms with E-state index in [4.69, 9.17) is 0 Å². The van der Waals surface area contributed by atoms with Crippen molar-refractivity contribution < 1.29 is 9.59 Å². The van der Waals surface area contributed by atoms with E-state index in [1.54, 1.807) is 24.3 Å². The molecule has 0 spiro atoms. The van der Waals surface area contributed by atoms with Crippen molar-refractivity contribution >= 4 is 17.5 Å². The van der Waals surface area contributed by atoms with Crippen molar-refractivity contribution in [1.82, 2.24) is 5.32 Å². The van der Waals surface area contributed by atoms with Gasteiger partial charge in [0.2, 0.25) is 5.91 Å². The first-order valence-corrected chi connectivity index (χ1v) is 6.04. The van der Waals surface area contributed by atoms with Crippen LogP contribution in [0.15, 0.2) is 24.3 Å². The van der Waals surface area contributed by atoms with Crippen molar-refractivity contribution in [3.8, 4) is 0 Å².